The molecule has 0 amide bonds. The molecule has 2 N–H and O–H groups in total. The van der Waals surface area contributed by atoms with Crippen LogP contribution in [-0.4, -0.2) is 35.3 Å². The van der Waals surface area contributed by atoms with Gasteiger partial charge < -0.3 is 15.2 Å². The zero-order valence-electron chi connectivity index (χ0n) is 16.0. The molecule has 0 radical (unpaired) electrons. The number of pyridine rings is 1. The monoisotopic (exact) mass is 366 g/mol. The Hall–Kier alpha value is -1.53. The van der Waals surface area contributed by atoms with Crippen molar-refractivity contribution in [1.29, 1.82) is 0 Å². The van der Waals surface area contributed by atoms with E-state index >= 15 is 0 Å². The highest BCUT2D eigenvalue weighted by Gasteiger charge is 2.28. The molecule has 26 heavy (non-hydrogen) atoms. The molecule has 1 unspecified atom stereocenters. The maximum absolute atomic E-state index is 13.2. The molecule has 6 heteroatoms. The van der Waals surface area contributed by atoms with Crippen LogP contribution in [0.25, 0.3) is 0 Å². The first-order valence-electron chi connectivity index (χ1n) is 9.42. The highest BCUT2D eigenvalue weighted by Crippen LogP contribution is 2.33. The number of aliphatic hydroxyl groups is 1. The second kappa shape index (κ2) is 9.42. The van der Waals surface area contributed by atoms with Crippen molar-refractivity contribution in [2.24, 2.45) is 11.8 Å². The molecule has 0 bridgehead atoms. The van der Waals surface area contributed by atoms with Gasteiger partial charge in [0.25, 0.3) is 0 Å². The van der Waals surface area contributed by atoms with Gasteiger partial charge in [-0.2, -0.15) is 0 Å². The van der Waals surface area contributed by atoms with Crippen molar-refractivity contribution < 1.29 is 19.0 Å². The quantitative estimate of drug-likeness (QED) is 0.690. The molecule has 0 aromatic carbocycles. The predicted molar refractivity (Wildman–Crippen MR) is 97.9 cm³/mol. The van der Waals surface area contributed by atoms with E-state index < -0.39 is 11.9 Å². The van der Waals surface area contributed by atoms with Crippen LogP contribution < -0.4 is 5.32 Å². The first-order chi connectivity index (χ1) is 12.3. The van der Waals surface area contributed by atoms with E-state index in [-0.39, 0.29) is 17.4 Å². The SMILES string of the molecule is COC(=O)C1CCC(CCC(C)(C)NCC(O)c2cncc(F)c2)CC1. The largest absolute Gasteiger partial charge is 0.469 e. The topological polar surface area (TPSA) is 71.5 Å². The van der Waals surface area contributed by atoms with Crippen LogP contribution in [0.2, 0.25) is 0 Å². The van der Waals surface area contributed by atoms with Gasteiger partial charge in [0.15, 0.2) is 0 Å². The summed E-state index contributed by atoms with van der Waals surface area (Å²) in [4.78, 5) is 15.4. The third-order valence-electron chi connectivity index (χ3n) is 5.44. The number of nitrogens with one attached hydrogen (secondary N) is 1. The Kier molecular flexibility index (Phi) is 7.53. The molecule has 1 aromatic heterocycles. The maximum Gasteiger partial charge on any atom is 0.308 e. The van der Waals surface area contributed by atoms with Crippen LogP contribution in [0.4, 0.5) is 4.39 Å². The Labute approximate surface area is 155 Å². The van der Waals surface area contributed by atoms with Crippen molar-refractivity contribution in [2.45, 2.75) is 64.0 Å². The lowest BCUT2D eigenvalue weighted by Crippen LogP contribution is -2.42. The molecule has 0 aliphatic heterocycles. The van der Waals surface area contributed by atoms with E-state index in [1.165, 1.54) is 19.4 Å². The number of carbonyl (C=O) groups excluding carboxylic acids is 1. The number of methoxy groups -OCH3 is 1. The number of ether oxygens (including phenoxy) is 1. The van der Waals surface area contributed by atoms with Crippen LogP contribution >= 0.6 is 0 Å². The molecule has 1 aliphatic carbocycles. The number of carbonyl (C=O) groups is 1. The number of aromatic nitrogens is 1. The van der Waals surface area contributed by atoms with Crippen LogP contribution in [0.5, 0.6) is 0 Å². The summed E-state index contributed by atoms with van der Waals surface area (Å²) in [6.07, 6.45) is 7.85. The van der Waals surface area contributed by atoms with Crippen LogP contribution in [0.1, 0.15) is 64.0 Å². The van der Waals surface area contributed by atoms with Gasteiger partial charge in [0.2, 0.25) is 0 Å². The van der Waals surface area contributed by atoms with Gasteiger partial charge in [-0.1, -0.05) is 0 Å². The normalized spacial score (nSPS) is 22.0. The van der Waals surface area contributed by atoms with E-state index in [1.54, 1.807) is 0 Å². The summed E-state index contributed by atoms with van der Waals surface area (Å²) in [6, 6.07) is 1.31. The van der Waals surface area contributed by atoms with Crippen LogP contribution in [0.3, 0.4) is 0 Å². The van der Waals surface area contributed by atoms with Crippen molar-refractivity contribution in [1.82, 2.24) is 10.3 Å². The zero-order chi connectivity index (χ0) is 19.2. The molecule has 0 spiro atoms. The second-order valence-corrected chi connectivity index (χ2v) is 8.00. The van der Waals surface area contributed by atoms with E-state index in [1.807, 2.05) is 0 Å². The van der Waals surface area contributed by atoms with E-state index in [2.05, 4.69) is 24.1 Å². The van der Waals surface area contributed by atoms with Gasteiger partial charge in [0.05, 0.1) is 25.3 Å². The molecule has 1 saturated carbocycles. The lowest BCUT2D eigenvalue weighted by molar-refractivity contribution is -0.146. The van der Waals surface area contributed by atoms with Crippen LogP contribution in [0, 0.1) is 17.7 Å². The fourth-order valence-corrected chi connectivity index (χ4v) is 3.61. The average Bonchev–Trinajstić information content (AvgIpc) is 2.64. The first kappa shape index (κ1) is 20.8. The second-order valence-electron chi connectivity index (χ2n) is 8.00. The minimum absolute atomic E-state index is 0.0670. The van der Waals surface area contributed by atoms with Crippen LogP contribution in [-0.2, 0) is 9.53 Å². The predicted octanol–water partition coefficient (Wildman–Crippen LogP) is 3.38. The number of aliphatic hydroxyl groups excluding tert-OH is 1. The summed E-state index contributed by atoms with van der Waals surface area (Å²) in [5.41, 5.74) is 0.357. The third kappa shape index (κ3) is 6.32. The number of halogens is 1. The van der Waals surface area contributed by atoms with E-state index in [0.717, 1.165) is 44.7 Å². The summed E-state index contributed by atoms with van der Waals surface area (Å²) < 4.78 is 18.0. The smallest absolute Gasteiger partial charge is 0.308 e. The minimum Gasteiger partial charge on any atom is -0.469 e. The summed E-state index contributed by atoms with van der Waals surface area (Å²) in [6.45, 7) is 4.58. The van der Waals surface area contributed by atoms with Gasteiger partial charge in [0, 0.05) is 23.8 Å². The lowest BCUT2D eigenvalue weighted by Gasteiger charge is -2.32. The van der Waals surface area contributed by atoms with E-state index in [0.29, 0.717) is 18.0 Å². The van der Waals surface area contributed by atoms with Crippen molar-refractivity contribution >= 4 is 5.97 Å². The van der Waals surface area contributed by atoms with Crippen molar-refractivity contribution in [2.75, 3.05) is 13.7 Å². The Morgan fingerprint density at radius 2 is 2.08 bits per heavy atom. The summed E-state index contributed by atoms with van der Waals surface area (Å²) in [5, 5.41) is 13.6. The molecular weight excluding hydrogens is 335 g/mol. The van der Waals surface area contributed by atoms with Gasteiger partial charge in [-0.3, -0.25) is 9.78 Å². The summed E-state index contributed by atoms with van der Waals surface area (Å²) >= 11 is 0. The third-order valence-corrected chi connectivity index (χ3v) is 5.44. The number of β-amino-alcohol motifs (C(OH)–C–C–N with tert-alkyl or cyclic N) is 1. The molecule has 1 aromatic rings. The molecule has 1 aliphatic rings. The molecule has 2 rings (SSSR count). The van der Waals surface area contributed by atoms with Crippen molar-refractivity contribution in [3.05, 3.63) is 29.8 Å². The van der Waals surface area contributed by atoms with Gasteiger partial charge in [-0.15, -0.1) is 0 Å². The van der Waals surface area contributed by atoms with Crippen molar-refractivity contribution in [3.8, 4) is 0 Å². The molecule has 0 saturated heterocycles. The summed E-state index contributed by atoms with van der Waals surface area (Å²) in [7, 11) is 1.46. The number of hydrogen-bond acceptors (Lipinski definition) is 5. The molecule has 1 atom stereocenters. The number of hydrogen-bond donors (Lipinski definition) is 2. The number of rotatable bonds is 8. The molecule has 146 valence electrons. The van der Waals surface area contributed by atoms with Gasteiger partial charge >= 0.3 is 5.97 Å². The Bertz CT molecular complexity index is 586. The fraction of sp³-hybridized carbons (Fsp3) is 0.700. The highest BCUT2D eigenvalue weighted by atomic mass is 19.1. The standard InChI is InChI=1S/C20H31FN2O3/c1-20(2,23-13-18(24)16-10-17(21)12-22-11-16)9-8-14-4-6-15(7-5-14)19(25)26-3/h10-12,14-15,18,23-24H,4-9,13H2,1-3H3. The number of esters is 1. The Balaban J connectivity index is 1.72. The Morgan fingerprint density at radius 1 is 1.38 bits per heavy atom. The summed E-state index contributed by atoms with van der Waals surface area (Å²) in [5.74, 6) is 0.182. The Morgan fingerprint density at radius 3 is 2.69 bits per heavy atom. The first-order valence-corrected chi connectivity index (χ1v) is 9.42. The van der Waals surface area contributed by atoms with Gasteiger partial charge in [0.1, 0.15) is 5.82 Å². The van der Waals surface area contributed by atoms with E-state index in [9.17, 15) is 14.3 Å². The average molecular weight is 366 g/mol. The number of nitrogens with zero attached hydrogens (tertiary/aromatic N) is 1. The molecular formula is C20H31FN2O3. The minimum atomic E-state index is -0.784. The molecule has 5 nitrogen and oxygen atoms in total. The zero-order valence-corrected chi connectivity index (χ0v) is 16.0. The van der Waals surface area contributed by atoms with Gasteiger partial charge in [-0.05, 0) is 64.4 Å². The lowest BCUT2D eigenvalue weighted by atomic mass is 9.78. The van der Waals surface area contributed by atoms with Crippen LogP contribution in [0.15, 0.2) is 18.5 Å². The van der Waals surface area contributed by atoms with Crippen molar-refractivity contribution in [3.63, 3.8) is 0 Å². The van der Waals surface area contributed by atoms with E-state index in [4.69, 9.17) is 4.74 Å². The van der Waals surface area contributed by atoms with Gasteiger partial charge in [-0.25, -0.2) is 4.39 Å². The molecule has 1 heterocycles. The highest BCUT2D eigenvalue weighted by molar-refractivity contribution is 5.72. The maximum atomic E-state index is 13.2. The molecule has 1 fully saturated rings. The fourth-order valence-electron chi connectivity index (χ4n) is 3.61.